The highest BCUT2D eigenvalue weighted by Crippen LogP contribution is 2.16. The summed E-state index contributed by atoms with van der Waals surface area (Å²) in [7, 11) is 0. The van der Waals surface area contributed by atoms with Crippen LogP contribution in [0.4, 0.5) is 0 Å². The molecule has 0 aromatic carbocycles. The SMILES string of the molecule is CC/C=C\C/C=C\C/C=C\C/C=C\C/C=C\CCCCCCCCCCCCCCCC(=O)OCC(COC(=O)CCCCCCC/C=C\C/C=C\C/C=C\CC)OC(=O)CCCCCCCCCC/C=C\C/C=C\C/C=C\C/C=C\CC. The fourth-order valence-electron chi connectivity index (χ4n) is 9.30. The van der Waals surface area contributed by atoms with Crippen LogP contribution in [0.5, 0.6) is 0 Å². The topological polar surface area (TPSA) is 78.9 Å². The van der Waals surface area contributed by atoms with E-state index in [0.717, 1.165) is 161 Å². The van der Waals surface area contributed by atoms with Crippen LogP contribution in [0.15, 0.2) is 146 Å². The molecule has 0 aromatic heterocycles. The van der Waals surface area contributed by atoms with Gasteiger partial charge in [0, 0.05) is 19.3 Å². The summed E-state index contributed by atoms with van der Waals surface area (Å²) >= 11 is 0. The van der Waals surface area contributed by atoms with Gasteiger partial charge in [-0.1, -0.05) is 295 Å². The molecular weight excluding hydrogens is 1020 g/mol. The lowest BCUT2D eigenvalue weighted by Crippen LogP contribution is -2.30. The van der Waals surface area contributed by atoms with Crippen molar-refractivity contribution in [2.75, 3.05) is 13.2 Å². The number of hydrogen-bond acceptors (Lipinski definition) is 6. The van der Waals surface area contributed by atoms with Crippen LogP contribution in [-0.4, -0.2) is 37.2 Å². The van der Waals surface area contributed by atoms with E-state index >= 15 is 0 Å². The lowest BCUT2D eigenvalue weighted by molar-refractivity contribution is -0.167. The van der Waals surface area contributed by atoms with Gasteiger partial charge in [0.05, 0.1) is 0 Å². The minimum atomic E-state index is -0.797. The third-order valence-corrected chi connectivity index (χ3v) is 14.3. The Balaban J connectivity index is 4.34. The van der Waals surface area contributed by atoms with Crippen molar-refractivity contribution in [3.63, 3.8) is 0 Å². The van der Waals surface area contributed by atoms with Gasteiger partial charge in [-0.2, -0.15) is 0 Å². The Bertz CT molecular complexity index is 1800. The van der Waals surface area contributed by atoms with Crippen molar-refractivity contribution in [2.45, 2.75) is 309 Å². The van der Waals surface area contributed by atoms with E-state index in [2.05, 4.69) is 167 Å². The molecule has 470 valence electrons. The van der Waals surface area contributed by atoms with Gasteiger partial charge in [0.25, 0.3) is 0 Å². The standard InChI is InChI=1S/C77H126O6/c1-4-7-10-13-16-19-22-25-28-30-32-34-35-36-37-38-39-40-41-43-44-46-49-52-55-58-61-64-67-70-76(79)82-73-74(72-81-75(78)69-66-63-60-57-54-51-48-27-24-21-18-15-12-9-6-3)83-77(80)71-68-65-62-59-56-53-50-47-45-42-33-31-29-26-23-20-17-14-11-8-5-2/h7-12,16-21,25-29,32-34,36-37,42,48,74H,4-6,13-15,22-24,30-31,35,38-41,43-47,49-73H2,1-3H3/b10-7-,11-8-,12-9-,19-16-,20-17-,21-18-,28-25-,29-26-,34-32-,37-36-,42-33-,48-27-. The Hall–Kier alpha value is -4.71. The predicted molar refractivity (Wildman–Crippen MR) is 362 cm³/mol. The van der Waals surface area contributed by atoms with Crippen molar-refractivity contribution in [1.29, 1.82) is 0 Å². The quantitative estimate of drug-likeness (QED) is 0.0261. The van der Waals surface area contributed by atoms with Crippen molar-refractivity contribution >= 4 is 17.9 Å². The first kappa shape index (κ1) is 78.3. The maximum atomic E-state index is 13.0. The summed E-state index contributed by atoms with van der Waals surface area (Å²) in [6.45, 7) is 6.30. The van der Waals surface area contributed by atoms with E-state index in [9.17, 15) is 14.4 Å². The zero-order valence-electron chi connectivity index (χ0n) is 53.9. The van der Waals surface area contributed by atoms with Crippen LogP contribution in [0.25, 0.3) is 0 Å². The Morgan fingerprint density at radius 3 is 0.675 bits per heavy atom. The van der Waals surface area contributed by atoms with E-state index in [0.29, 0.717) is 19.3 Å². The first-order valence-corrected chi connectivity index (χ1v) is 34.3. The molecule has 1 atom stereocenters. The molecule has 6 nitrogen and oxygen atoms in total. The minimum absolute atomic E-state index is 0.0910. The lowest BCUT2D eigenvalue weighted by atomic mass is 10.0. The number of hydrogen-bond donors (Lipinski definition) is 0. The number of allylic oxidation sites excluding steroid dienone is 24. The molecule has 0 radical (unpaired) electrons. The summed E-state index contributed by atoms with van der Waals surface area (Å²) in [4.78, 5) is 38.4. The molecular formula is C77H126O6. The molecule has 0 aliphatic rings. The average molecular weight is 1150 g/mol. The van der Waals surface area contributed by atoms with Gasteiger partial charge in [-0.3, -0.25) is 14.4 Å². The largest absolute Gasteiger partial charge is 0.462 e. The van der Waals surface area contributed by atoms with Crippen molar-refractivity contribution in [1.82, 2.24) is 0 Å². The molecule has 0 fully saturated rings. The summed E-state index contributed by atoms with van der Waals surface area (Å²) in [6, 6.07) is 0. The molecule has 0 heterocycles. The fraction of sp³-hybridized carbons (Fsp3) is 0.649. The van der Waals surface area contributed by atoms with Gasteiger partial charge in [-0.05, 0) is 135 Å². The molecule has 0 bridgehead atoms. The third kappa shape index (κ3) is 68.0. The summed E-state index contributed by atoms with van der Waals surface area (Å²) in [5.74, 6) is -0.912. The van der Waals surface area contributed by atoms with E-state index in [4.69, 9.17) is 14.2 Å². The number of carbonyl (C=O) groups is 3. The Morgan fingerprint density at radius 1 is 0.241 bits per heavy atom. The average Bonchev–Trinajstić information content (AvgIpc) is 3.49. The van der Waals surface area contributed by atoms with Gasteiger partial charge in [0.2, 0.25) is 0 Å². The highest BCUT2D eigenvalue weighted by atomic mass is 16.6. The summed E-state index contributed by atoms with van der Waals surface area (Å²) in [6.07, 6.45) is 100. The molecule has 0 amide bonds. The molecule has 1 unspecified atom stereocenters. The second-order valence-electron chi connectivity index (χ2n) is 22.3. The van der Waals surface area contributed by atoms with Gasteiger partial charge in [-0.15, -0.1) is 0 Å². The summed E-state index contributed by atoms with van der Waals surface area (Å²) in [5.41, 5.74) is 0. The maximum absolute atomic E-state index is 13.0. The second kappa shape index (κ2) is 69.8. The molecule has 0 saturated heterocycles. The second-order valence-corrected chi connectivity index (χ2v) is 22.3. The monoisotopic (exact) mass is 1150 g/mol. The number of unbranched alkanes of at least 4 members (excludes halogenated alkanes) is 26. The normalized spacial score (nSPS) is 13.0. The Morgan fingerprint density at radius 2 is 0.434 bits per heavy atom. The first-order valence-electron chi connectivity index (χ1n) is 34.3. The van der Waals surface area contributed by atoms with Crippen LogP contribution >= 0.6 is 0 Å². The highest BCUT2D eigenvalue weighted by molar-refractivity contribution is 5.71. The molecule has 0 aliphatic carbocycles. The van der Waals surface area contributed by atoms with E-state index in [1.54, 1.807) is 0 Å². The summed E-state index contributed by atoms with van der Waals surface area (Å²) in [5, 5.41) is 0. The van der Waals surface area contributed by atoms with Crippen LogP contribution < -0.4 is 0 Å². The van der Waals surface area contributed by atoms with Gasteiger partial charge in [0.1, 0.15) is 13.2 Å². The van der Waals surface area contributed by atoms with Crippen molar-refractivity contribution in [2.24, 2.45) is 0 Å². The van der Waals surface area contributed by atoms with Crippen LogP contribution in [0.3, 0.4) is 0 Å². The van der Waals surface area contributed by atoms with Gasteiger partial charge in [-0.25, -0.2) is 0 Å². The number of esters is 3. The first-order chi connectivity index (χ1) is 41.0. The number of ether oxygens (including phenoxy) is 3. The van der Waals surface area contributed by atoms with Crippen LogP contribution in [-0.2, 0) is 28.6 Å². The van der Waals surface area contributed by atoms with Crippen LogP contribution in [0.1, 0.15) is 303 Å². The molecule has 0 N–H and O–H groups in total. The van der Waals surface area contributed by atoms with Gasteiger partial charge >= 0.3 is 17.9 Å². The molecule has 0 spiro atoms. The predicted octanol–water partition coefficient (Wildman–Crippen LogP) is 23.9. The number of carbonyl (C=O) groups excluding carboxylic acids is 3. The Labute approximate surface area is 512 Å². The van der Waals surface area contributed by atoms with E-state index in [-0.39, 0.29) is 31.1 Å². The van der Waals surface area contributed by atoms with Crippen molar-refractivity contribution in [3.8, 4) is 0 Å². The summed E-state index contributed by atoms with van der Waals surface area (Å²) < 4.78 is 17.0. The van der Waals surface area contributed by atoms with Crippen molar-refractivity contribution in [3.05, 3.63) is 146 Å². The van der Waals surface area contributed by atoms with Crippen molar-refractivity contribution < 1.29 is 28.6 Å². The van der Waals surface area contributed by atoms with Gasteiger partial charge in [0.15, 0.2) is 6.10 Å². The van der Waals surface area contributed by atoms with Gasteiger partial charge < -0.3 is 14.2 Å². The molecule has 83 heavy (non-hydrogen) atoms. The smallest absolute Gasteiger partial charge is 0.306 e. The van der Waals surface area contributed by atoms with Crippen LogP contribution in [0, 0.1) is 0 Å². The van der Waals surface area contributed by atoms with E-state index < -0.39 is 6.10 Å². The molecule has 6 heteroatoms. The van der Waals surface area contributed by atoms with E-state index in [1.807, 2.05) is 0 Å². The number of rotatable bonds is 61. The maximum Gasteiger partial charge on any atom is 0.306 e. The minimum Gasteiger partial charge on any atom is -0.462 e. The lowest BCUT2D eigenvalue weighted by Gasteiger charge is -2.18. The molecule has 0 aliphatic heterocycles. The Kier molecular flexibility index (Phi) is 65.8. The van der Waals surface area contributed by atoms with E-state index in [1.165, 1.54) is 103 Å². The zero-order valence-corrected chi connectivity index (χ0v) is 53.9. The fourth-order valence-corrected chi connectivity index (χ4v) is 9.30. The van der Waals surface area contributed by atoms with Crippen LogP contribution in [0.2, 0.25) is 0 Å². The molecule has 0 saturated carbocycles. The molecule has 0 rings (SSSR count). The highest BCUT2D eigenvalue weighted by Gasteiger charge is 2.19. The third-order valence-electron chi connectivity index (χ3n) is 14.3. The zero-order chi connectivity index (χ0) is 59.9. The molecule has 0 aromatic rings.